The minimum Gasteiger partial charge on any atom is -0.480 e. The number of rotatable bonds is 6. The van der Waals surface area contributed by atoms with Crippen molar-refractivity contribution >= 4 is 39.0 Å². The molecular weight excluding hydrogens is 346 g/mol. The zero-order valence-corrected chi connectivity index (χ0v) is 14.2. The molecule has 0 saturated heterocycles. The number of aliphatic hydroxyl groups is 1. The summed E-state index contributed by atoms with van der Waals surface area (Å²) in [6.07, 6.45) is -0.866. The highest BCUT2D eigenvalue weighted by atomic mass is 35.5. The average Bonchev–Trinajstić information content (AvgIpc) is 2.92. The molecule has 0 fully saturated rings. The van der Waals surface area contributed by atoms with E-state index in [9.17, 15) is 15.0 Å². The molecule has 0 bridgehead atoms. The number of aliphatic hydroxyl groups excluding tert-OH is 1. The van der Waals surface area contributed by atoms with Gasteiger partial charge in [0, 0.05) is 10.1 Å². The quantitative estimate of drug-likeness (QED) is 0.583. The van der Waals surface area contributed by atoms with Crippen molar-refractivity contribution in [1.29, 1.82) is 0 Å². The summed E-state index contributed by atoms with van der Waals surface area (Å²) >= 11 is 7.69. The monoisotopic (exact) mass is 361 g/mol. The molecule has 0 aliphatic rings. The van der Waals surface area contributed by atoms with Gasteiger partial charge >= 0.3 is 5.97 Å². The molecule has 3 aromatic rings. The molecule has 0 aliphatic heterocycles. The maximum absolute atomic E-state index is 11.5. The Hall–Kier alpha value is -1.92. The smallest absolute Gasteiger partial charge is 0.321 e. The first-order chi connectivity index (χ1) is 11.6. The van der Waals surface area contributed by atoms with Gasteiger partial charge in [-0.15, -0.1) is 11.3 Å². The molecule has 0 aliphatic carbocycles. The maximum Gasteiger partial charge on any atom is 0.321 e. The van der Waals surface area contributed by atoms with Crippen LogP contribution in [0.2, 0.25) is 5.02 Å². The first-order valence-corrected chi connectivity index (χ1v) is 8.63. The van der Waals surface area contributed by atoms with Crippen molar-refractivity contribution in [3.63, 3.8) is 0 Å². The van der Waals surface area contributed by atoms with Crippen LogP contribution in [-0.2, 0) is 11.2 Å². The number of carboxylic acids is 1. The molecule has 124 valence electrons. The van der Waals surface area contributed by atoms with E-state index in [1.54, 1.807) is 0 Å². The van der Waals surface area contributed by atoms with E-state index in [1.807, 2.05) is 54.6 Å². The number of nitrogens with one attached hydrogen (secondary N) is 1. The van der Waals surface area contributed by atoms with E-state index < -0.39 is 18.2 Å². The standard InChI is InChI=1S/C18H16ClNO3S/c19-15-12-8-4-5-9-14(12)24-16(15)17(21)20-13(18(22)23)10-11-6-2-1-3-7-11/h1-9,13,17,20-21H,10H2,(H,22,23). The second-order valence-electron chi connectivity index (χ2n) is 5.43. The zero-order valence-electron chi connectivity index (χ0n) is 12.6. The van der Waals surface area contributed by atoms with Gasteiger partial charge in [-0.3, -0.25) is 10.1 Å². The SMILES string of the molecule is O=C(O)C(Cc1ccccc1)NC(O)c1sc2ccccc2c1Cl. The van der Waals surface area contributed by atoms with Gasteiger partial charge in [0.1, 0.15) is 12.3 Å². The summed E-state index contributed by atoms with van der Waals surface area (Å²) < 4.78 is 0.952. The molecule has 6 heteroatoms. The summed E-state index contributed by atoms with van der Waals surface area (Å²) in [5.41, 5.74) is 0.882. The van der Waals surface area contributed by atoms with Gasteiger partial charge in [0.2, 0.25) is 0 Å². The van der Waals surface area contributed by atoms with Crippen molar-refractivity contribution in [2.75, 3.05) is 0 Å². The Morgan fingerprint density at radius 1 is 1.12 bits per heavy atom. The van der Waals surface area contributed by atoms with Gasteiger partial charge in [-0.25, -0.2) is 0 Å². The van der Waals surface area contributed by atoms with E-state index in [0.29, 0.717) is 9.90 Å². The van der Waals surface area contributed by atoms with Crippen LogP contribution in [0.25, 0.3) is 10.1 Å². The number of carboxylic acid groups (broad SMARTS) is 1. The predicted octanol–water partition coefficient (Wildman–Crippen LogP) is 3.83. The zero-order chi connectivity index (χ0) is 17.1. The first-order valence-electron chi connectivity index (χ1n) is 7.44. The largest absolute Gasteiger partial charge is 0.480 e. The van der Waals surface area contributed by atoms with Gasteiger partial charge in [-0.05, 0) is 18.1 Å². The number of carbonyl (C=O) groups is 1. The molecule has 2 aromatic carbocycles. The fourth-order valence-corrected chi connectivity index (χ4v) is 4.03. The average molecular weight is 362 g/mol. The molecule has 24 heavy (non-hydrogen) atoms. The number of hydrogen-bond acceptors (Lipinski definition) is 4. The third-order valence-electron chi connectivity index (χ3n) is 3.75. The van der Waals surface area contributed by atoms with Crippen LogP contribution in [0.3, 0.4) is 0 Å². The molecule has 1 heterocycles. The molecule has 4 nitrogen and oxygen atoms in total. The van der Waals surface area contributed by atoms with Crippen molar-refractivity contribution in [1.82, 2.24) is 5.32 Å². The molecule has 0 spiro atoms. The van der Waals surface area contributed by atoms with Gasteiger partial charge < -0.3 is 10.2 Å². The van der Waals surface area contributed by atoms with Gasteiger partial charge in [0.05, 0.1) is 9.90 Å². The molecular formula is C18H16ClNO3S. The van der Waals surface area contributed by atoms with Crippen LogP contribution in [0.1, 0.15) is 16.7 Å². The molecule has 1 aromatic heterocycles. The minimum absolute atomic E-state index is 0.274. The number of thiophene rings is 1. The molecule has 3 rings (SSSR count). The third-order valence-corrected chi connectivity index (χ3v) is 5.49. The van der Waals surface area contributed by atoms with Crippen molar-refractivity contribution in [3.05, 3.63) is 70.1 Å². The summed E-state index contributed by atoms with van der Waals surface area (Å²) in [4.78, 5) is 12.0. The van der Waals surface area contributed by atoms with Crippen LogP contribution in [0.4, 0.5) is 0 Å². The van der Waals surface area contributed by atoms with Gasteiger partial charge in [0.15, 0.2) is 0 Å². The summed E-state index contributed by atoms with van der Waals surface area (Å²) in [6, 6.07) is 16.0. The summed E-state index contributed by atoms with van der Waals surface area (Å²) in [6.45, 7) is 0. The Bertz CT molecular complexity index is 850. The van der Waals surface area contributed by atoms with Crippen molar-refractivity contribution < 1.29 is 15.0 Å². The van der Waals surface area contributed by atoms with E-state index >= 15 is 0 Å². The second kappa shape index (κ2) is 7.32. The molecule has 2 atom stereocenters. The van der Waals surface area contributed by atoms with E-state index in [1.165, 1.54) is 11.3 Å². The Morgan fingerprint density at radius 2 is 1.79 bits per heavy atom. The van der Waals surface area contributed by atoms with Crippen LogP contribution in [0.15, 0.2) is 54.6 Å². The topological polar surface area (TPSA) is 69.6 Å². The Kier molecular flexibility index (Phi) is 5.16. The van der Waals surface area contributed by atoms with Crippen LogP contribution >= 0.6 is 22.9 Å². The number of fused-ring (bicyclic) bond motifs is 1. The van der Waals surface area contributed by atoms with Gasteiger partial charge in [-0.2, -0.15) is 0 Å². The Morgan fingerprint density at radius 3 is 2.46 bits per heavy atom. The summed E-state index contributed by atoms with van der Waals surface area (Å²) in [5, 5.41) is 24.0. The van der Waals surface area contributed by atoms with Gasteiger partial charge in [0.25, 0.3) is 0 Å². The van der Waals surface area contributed by atoms with Crippen LogP contribution in [-0.4, -0.2) is 22.2 Å². The fraction of sp³-hybridized carbons (Fsp3) is 0.167. The molecule has 0 radical (unpaired) electrons. The van der Waals surface area contributed by atoms with Gasteiger partial charge in [-0.1, -0.05) is 60.1 Å². The first kappa shape index (κ1) is 16.9. The highest BCUT2D eigenvalue weighted by Crippen LogP contribution is 2.38. The normalized spacial score (nSPS) is 13.8. The number of halogens is 1. The Labute approximate surface area is 148 Å². The van der Waals surface area contributed by atoms with E-state index in [0.717, 1.165) is 15.6 Å². The number of benzene rings is 2. The molecule has 3 N–H and O–H groups in total. The lowest BCUT2D eigenvalue weighted by molar-refractivity contribution is -0.140. The second-order valence-corrected chi connectivity index (χ2v) is 6.89. The highest BCUT2D eigenvalue weighted by Gasteiger charge is 2.24. The van der Waals surface area contributed by atoms with Crippen LogP contribution < -0.4 is 5.32 Å². The molecule has 0 saturated carbocycles. The van der Waals surface area contributed by atoms with Crippen molar-refractivity contribution in [2.24, 2.45) is 0 Å². The van der Waals surface area contributed by atoms with E-state index in [2.05, 4.69) is 5.32 Å². The maximum atomic E-state index is 11.5. The van der Waals surface area contributed by atoms with Crippen molar-refractivity contribution in [2.45, 2.75) is 18.7 Å². The highest BCUT2D eigenvalue weighted by molar-refractivity contribution is 7.19. The van der Waals surface area contributed by atoms with E-state index in [-0.39, 0.29) is 6.42 Å². The van der Waals surface area contributed by atoms with Crippen LogP contribution in [0.5, 0.6) is 0 Å². The minimum atomic E-state index is -1.14. The number of aliphatic carboxylic acids is 1. The molecule has 2 unspecified atom stereocenters. The lowest BCUT2D eigenvalue weighted by atomic mass is 10.1. The lowest BCUT2D eigenvalue weighted by Crippen LogP contribution is -2.40. The fourth-order valence-electron chi connectivity index (χ4n) is 2.54. The lowest BCUT2D eigenvalue weighted by Gasteiger charge is -2.19. The predicted molar refractivity (Wildman–Crippen MR) is 96.5 cm³/mol. The van der Waals surface area contributed by atoms with E-state index in [4.69, 9.17) is 11.6 Å². The van der Waals surface area contributed by atoms with Crippen molar-refractivity contribution in [3.8, 4) is 0 Å². The Balaban J connectivity index is 1.81. The summed E-state index contributed by atoms with van der Waals surface area (Å²) in [7, 11) is 0. The van der Waals surface area contributed by atoms with Crippen LogP contribution in [0, 0.1) is 0 Å². The molecule has 0 amide bonds. The third kappa shape index (κ3) is 3.60. The summed E-state index contributed by atoms with van der Waals surface area (Å²) in [5.74, 6) is -1.02. The number of hydrogen-bond donors (Lipinski definition) is 3.